The monoisotopic (exact) mass is 293 g/mol. The van der Waals surface area contributed by atoms with Gasteiger partial charge in [0.2, 0.25) is 0 Å². The van der Waals surface area contributed by atoms with E-state index in [1.165, 1.54) is 4.90 Å². The van der Waals surface area contributed by atoms with Crippen LogP contribution in [0.15, 0.2) is 12.2 Å². The van der Waals surface area contributed by atoms with Crippen molar-refractivity contribution in [2.75, 3.05) is 6.54 Å². The summed E-state index contributed by atoms with van der Waals surface area (Å²) in [5, 5.41) is 9.41. The summed E-state index contributed by atoms with van der Waals surface area (Å²) in [5.41, 5.74) is -0.458. The number of carbonyl (C=O) groups excluding carboxylic acids is 2. The van der Waals surface area contributed by atoms with Crippen LogP contribution in [-0.2, 0) is 9.59 Å². The van der Waals surface area contributed by atoms with Crippen molar-refractivity contribution in [2.45, 2.75) is 46.1 Å². The lowest BCUT2D eigenvalue weighted by atomic mass is 9.70. The fourth-order valence-corrected chi connectivity index (χ4v) is 3.48. The summed E-state index contributed by atoms with van der Waals surface area (Å²) >= 11 is 0. The van der Waals surface area contributed by atoms with Crippen LogP contribution in [-0.4, -0.2) is 40.3 Å². The van der Waals surface area contributed by atoms with Gasteiger partial charge >= 0.3 is 6.09 Å². The van der Waals surface area contributed by atoms with Crippen molar-refractivity contribution < 1.29 is 19.5 Å². The molecular formula is C16H23NO4. The molecule has 1 fully saturated rings. The van der Waals surface area contributed by atoms with Crippen LogP contribution in [0.1, 0.15) is 40.0 Å². The van der Waals surface area contributed by atoms with Crippen molar-refractivity contribution >= 4 is 17.7 Å². The highest BCUT2D eigenvalue weighted by molar-refractivity contribution is 6.05. The molecule has 1 aliphatic heterocycles. The molecule has 2 rings (SSSR count). The normalized spacial score (nSPS) is 27.2. The summed E-state index contributed by atoms with van der Waals surface area (Å²) in [6.07, 6.45) is 4.31. The van der Waals surface area contributed by atoms with Gasteiger partial charge in [-0.25, -0.2) is 4.79 Å². The zero-order valence-electron chi connectivity index (χ0n) is 12.8. The molecule has 1 N–H and O–H groups in total. The lowest BCUT2D eigenvalue weighted by Gasteiger charge is -2.45. The molecule has 0 aromatic carbocycles. The number of ketones is 2. The van der Waals surface area contributed by atoms with Gasteiger partial charge in [-0.15, -0.1) is 0 Å². The van der Waals surface area contributed by atoms with Gasteiger partial charge in [0.25, 0.3) is 0 Å². The SMILES string of the molecule is CC(C)(C)C1C(C(=O)C2CC=CC2)C(=O)CCN1C(=O)O. The topological polar surface area (TPSA) is 74.7 Å². The Morgan fingerprint density at radius 1 is 1.24 bits per heavy atom. The number of carbonyl (C=O) groups is 3. The number of hydrogen-bond acceptors (Lipinski definition) is 3. The number of nitrogens with zero attached hydrogens (tertiary/aromatic N) is 1. The second kappa shape index (κ2) is 5.62. The Morgan fingerprint density at radius 3 is 2.29 bits per heavy atom. The van der Waals surface area contributed by atoms with Crippen LogP contribution in [0.2, 0.25) is 0 Å². The van der Waals surface area contributed by atoms with Crippen molar-refractivity contribution in [3.8, 4) is 0 Å². The summed E-state index contributed by atoms with van der Waals surface area (Å²) in [7, 11) is 0. The summed E-state index contributed by atoms with van der Waals surface area (Å²) < 4.78 is 0. The molecule has 21 heavy (non-hydrogen) atoms. The second-order valence-corrected chi connectivity index (χ2v) is 7.02. The van der Waals surface area contributed by atoms with Gasteiger partial charge in [0.1, 0.15) is 11.6 Å². The fourth-order valence-electron chi connectivity index (χ4n) is 3.48. The van der Waals surface area contributed by atoms with Gasteiger partial charge in [0.15, 0.2) is 0 Å². The molecule has 1 heterocycles. The second-order valence-electron chi connectivity index (χ2n) is 7.02. The third-order valence-electron chi connectivity index (χ3n) is 4.45. The molecule has 0 aromatic heterocycles. The first-order chi connectivity index (χ1) is 9.73. The molecule has 2 aliphatic rings. The number of carboxylic acid groups (broad SMARTS) is 1. The number of amides is 1. The molecule has 116 valence electrons. The van der Waals surface area contributed by atoms with E-state index in [0.717, 1.165) is 0 Å². The predicted octanol–water partition coefficient (Wildman–Crippen LogP) is 2.51. The molecule has 0 saturated carbocycles. The van der Waals surface area contributed by atoms with Crippen LogP contribution in [0.5, 0.6) is 0 Å². The Kier molecular flexibility index (Phi) is 4.21. The number of hydrogen-bond donors (Lipinski definition) is 1. The van der Waals surface area contributed by atoms with Gasteiger partial charge in [0.05, 0.1) is 12.0 Å². The highest BCUT2D eigenvalue weighted by Crippen LogP contribution is 2.37. The Bertz CT molecular complexity index is 481. The molecular weight excluding hydrogens is 270 g/mol. The molecule has 2 atom stereocenters. The Morgan fingerprint density at radius 2 is 1.81 bits per heavy atom. The standard InChI is InChI=1S/C16H23NO4/c1-16(2,3)14-12(13(19)10-6-4-5-7-10)11(18)8-9-17(14)15(20)21/h4-5,10,12,14H,6-9H2,1-3H3,(H,20,21). The largest absolute Gasteiger partial charge is 0.465 e. The van der Waals surface area contributed by atoms with Gasteiger partial charge in [-0.2, -0.15) is 0 Å². The quantitative estimate of drug-likeness (QED) is 0.627. The maximum atomic E-state index is 12.8. The summed E-state index contributed by atoms with van der Waals surface area (Å²) in [6.45, 7) is 5.85. The number of rotatable bonds is 2. The zero-order valence-corrected chi connectivity index (χ0v) is 12.8. The molecule has 0 aromatic rings. The predicted molar refractivity (Wildman–Crippen MR) is 78.0 cm³/mol. The number of likely N-dealkylation sites (tertiary alicyclic amines) is 1. The minimum Gasteiger partial charge on any atom is -0.465 e. The van der Waals surface area contributed by atoms with Crippen LogP contribution >= 0.6 is 0 Å². The molecule has 0 spiro atoms. The third kappa shape index (κ3) is 3.01. The molecule has 2 unspecified atom stereocenters. The lowest BCUT2D eigenvalue weighted by Crippen LogP contribution is -2.59. The van der Waals surface area contributed by atoms with Gasteiger partial charge in [-0.1, -0.05) is 32.9 Å². The lowest BCUT2D eigenvalue weighted by molar-refractivity contribution is -0.143. The Balaban J connectivity index is 2.34. The van der Waals surface area contributed by atoms with E-state index in [9.17, 15) is 19.5 Å². The fraction of sp³-hybridized carbons (Fsp3) is 0.688. The van der Waals surface area contributed by atoms with E-state index in [0.29, 0.717) is 12.8 Å². The van der Waals surface area contributed by atoms with Crippen LogP contribution < -0.4 is 0 Å². The first-order valence-corrected chi connectivity index (χ1v) is 7.44. The smallest absolute Gasteiger partial charge is 0.407 e. The molecule has 1 aliphatic carbocycles. The van der Waals surface area contributed by atoms with E-state index >= 15 is 0 Å². The third-order valence-corrected chi connectivity index (χ3v) is 4.45. The van der Waals surface area contributed by atoms with E-state index in [1.54, 1.807) is 0 Å². The van der Waals surface area contributed by atoms with E-state index in [2.05, 4.69) is 0 Å². The molecule has 5 heteroatoms. The maximum absolute atomic E-state index is 12.8. The Labute approximate surface area is 125 Å². The van der Waals surface area contributed by atoms with Crippen molar-refractivity contribution in [3.63, 3.8) is 0 Å². The number of Topliss-reactive ketones (excluding diaryl/α,β-unsaturated/α-hetero) is 2. The van der Waals surface area contributed by atoms with E-state index in [-0.39, 0.29) is 30.4 Å². The van der Waals surface area contributed by atoms with Gasteiger partial charge in [0, 0.05) is 18.9 Å². The summed E-state index contributed by atoms with van der Waals surface area (Å²) in [6, 6.07) is -0.579. The molecule has 0 bridgehead atoms. The molecule has 1 saturated heterocycles. The van der Waals surface area contributed by atoms with Crippen LogP contribution in [0.4, 0.5) is 4.79 Å². The minimum atomic E-state index is -1.05. The van der Waals surface area contributed by atoms with E-state index in [4.69, 9.17) is 0 Å². The zero-order chi connectivity index (χ0) is 15.8. The van der Waals surface area contributed by atoms with Crippen molar-refractivity contribution in [2.24, 2.45) is 17.3 Å². The first-order valence-electron chi connectivity index (χ1n) is 7.44. The summed E-state index contributed by atoms with van der Waals surface area (Å²) in [5.74, 6) is -1.18. The van der Waals surface area contributed by atoms with Crippen LogP contribution in [0.3, 0.4) is 0 Å². The summed E-state index contributed by atoms with van der Waals surface area (Å²) in [4.78, 5) is 37.9. The molecule has 1 amide bonds. The van der Waals surface area contributed by atoms with Crippen molar-refractivity contribution in [3.05, 3.63) is 12.2 Å². The van der Waals surface area contributed by atoms with Crippen molar-refractivity contribution in [1.29, 1.82) is 0 Å². The van der Waals surface area contributed by atoms with Gasteiger partial charge < -0.3 is 10.0 Å². The maximum Gasteiger partial charge on any atom is 0.407 e. The average Bonchev–Trinajstić information content (AvgIpc) is 2.89. The molecule has 0 radical (unpaired) electrons. The van der Waals surface area contributed by atoms with Crippen molar-refractivity contribution in [1.82, 2.24) is 4.90 Å². The van der Waals surface area contributed by atoms with Gasteiger partial charge in [-0.3, -0.25) is 9.59 Å². The minimum absolute atomic E-state index is 0.0872. The van der Waals surface area contributed by atoms with Crippen LogP contribution in [0.25, 0.3) is 0 Å². The first kappa shape index (κ1) is 15.7. The van der Waals surface area contributed by atoms with Crippen LogP contribution in [0, 0.1) is 17.3 Å². The Hall–Kier alpha value is -1.65. The highest BCUT2D eigenvalue weighted by Gasteiger charge is 2.49. The average molecular weight is 293 g/mol. The van der Waals surface area contributed by atoms with E-state index in [1.807, 2.05) is 32.9 Å². The van der Waals surface area contributed by atoms with E-state index < -0.39 is 23.5 Å². The van der Waals surface area contributed by atoms with Gasteiger partial charge in [-0.05, 0) is 18.3 Å². The number of allylic oxidation sites excluding steroid dienone is 2. The number of piperidine rings is 1. The highest BCUT2D eigenvalue weighted by atomic mass is 16.4. The molecule has 5 nitrogen and oxygen atoms in total.